The SMILES string of the molecule is CC1CCCCC1NC(=O)COC(=O)c1cc(S(=O)(=O)N2CCOCC2)c(Cl)cc1Cl. The standard InChI is InChI=1S/C20H26Cl2N2O6S/c1-13-4-2-3-5-17(13)23-19(25)12-30-20(26)14-10-18(16(22)11-15(14)21)31(27,28)24-6-8-29-9-7-24/h10-11,13,17H,2-9,12H2,1H3,(H,23,25). The van der Waals surface area contributed by atoms with E-state index in [0.29, 0.717) is 5.92 Å². The van der Waals surface area contributed by atoms with Crippen molar-refractivity contribution in [2.45, 2.75) is 43.5 Å². The number of hydrogen-bond donors (Lipinski definition) is 1. The molecule has 2 aliphatic rings. The van der Waals surface area contributed by atoms with Crippen molar-refractivity contribution in [1.29, 1.82) is 0 Å². The minimum Gasteiger partial charge on any atom is -0.452 e. The molecule has 0 bridgehead atoms. The zero-order chi connectivity index (χ0) is 22.6. The Morgan fingerprint density at radius 3 is 2.52 bits per heavy atom. The fourth-order valence-electron chi connectivity index (χ4n) is 3.80. The summed E-state index contributed by atoms with van der Waals surface area (Å²) in [5, 5.41) is 2.74. The van der Waals surface area contributed by atoms with E-state index in [2.05, 4.69) is 12.2 Å². The molecule has 0 aromatic heterocycles. The van der Waals surface area contributed by atoms with Crippen LogP contribution in [0.5, 0.6) is 0 Å². The number of ether oxygens (including phenoxy) is 2. The molecular weight excluding hydrogens is 467 g/mol. The van der Waals surface area contributed by atoms with E-state index in [9.17, 15) is 18.0 Å². The molecule has 11 heteroatoms. The van der Waals surface area contributed by atoms with Crippen LogP contribution in [0.4, 0.5) is 0 Å². The van der Waals surface area contributed by atoms with Gasteiger partial charge in [-0.1, -0.05) is 43.0 Å². The zero-order valence-corrected chi connectivity index (χ0v) is 19.6. The summed E-state index contributed by atoms with van der Waals surface area (Å²) in [7, 11) is -3.95. The van der Waals surface area contributed by atoms with Crippen LogP contribution in [0.25, 0.3) is 0 Å². The lowest BCUT2D eigenvalue weighted by Crippen LogP contribution is -2.42. The van der Waals surface area contributed by atoms with E-state index in [-0.39, 0.29) is 52.8 Å². The second-order valence-electron chi connectivity index (χ2n) is 7.79. The van der Waals surface area contributed by atoms with Gasteiger partial charge in [0.15, 0.2) is 6.61 Å². The van der Waals surface area contributed by atoms with E-state index >= 15 is 0 Å². The summed E-state index contributed by atoms with van der Waals surface area (Å²) < 4.78 is 37.4. The summed E-state index contributed by atoms with van der Waals surface area (Å²) >= 11 is 12.2. The highest BCUT2D eigenvalue weighted by Gasteiger charge is 2.30. The fourth-order valence-corrected chi connectivity index (χ4v) is 6.03. The van der Waals surface area contributed by atoms with Gasteiger partial charge in [0.2, 0.25) is 10.0 Å². The molecule has 1 N–H and O–H groups in total. The number of nitrogens with zero attached hydrogens (tertiary/aromatic N) is 1. The van der Waals surface area contributed by atoms with Crippen LogP contribution in [0.2, 0.25) is 10.0 Å². The summed E-state index contributed by atoms with van der Waals surface area (Å²) in [6, 6.07) is 2.35. The average Bonchev–Trinajstić information content (AvgIpc) is 2.74. The average molecular weight is 493 g/mol. The molecule has 8 nitrogen and oxygen atoms in total. The highest BCUT2D eigenvalue weighted by atomic mass is 35.5. The number of amides is 1. The number of morpholine rings is 1. The second-order valence-corrected chi connectivity index (χ2v) is 10.5. The Labute approximate surface area is 192 Å². The number of hydrogen-bond acceptors (Lipinski definition) is 6. The maximum atomic E-state index is 12.9. The van der Waals surface area contributed by atoms with Crippen molar-refractivity contribution in [3.8, 4) is 0 Å². The summed E-state index contributed by atoms with van der Waals surface area (Å²) in [6.45, 7) is 2.51. The van der Waals surface area contributed by atoms with Crippen LogP contribution in [-0.4, -0.2) is 63.6 Å². The Kier molecular flexibility index (Phi) is 8.20. The Bertz CT molecular complexity index is 934. The van der Waals surface area contributed by atoms with Gasteiger partial charge in [0, 0.05) is 19.1 Å². The monoisotopic (exact) mass is 492 g/mol. The van der Waals surface area contributed by atoms with Crippen molar-refractivity contribution in [2.75, 3.05) is 32.9 Å². The van der Waals surface area contributed by atoms with Crippen LogP contribution < -0.4 is 5.32 Å². The van der Waals surface area contributed by atoms with Gasteiger partial charge >= 0.3 is 5.97 Å². The highest BCUT2D eigenvalue weighted by Crippen LogP contribution is 2.31. The largest absolute Gasteiger partial charge is 0.452 e. The topological polar surface area (TPSA) is 102 Å². The van der Waals surface area contributed by atoms with Crippen molar-refractivity contribution in [3.05, 3.63) is 27.7 Å². The lowest BCUT2D eigenvalue weighted by Gasteiger charge is -2.29. The van der Waals surface area contributed by atoms with Gasteiger partial charge < -0.3 is 14.8 Å². The van der Waals surface area contributed by atoms with Crippen molar-refractivity contribution in [2.24, 2.45) is 5.92 Å². The first kappa shape index (κ1) is 24.3. The van der Waals surface area contributed by atoms with Crippen LogP contribution in [0.3, 0.4) is 0 Å². The highest BCUT2D eigenvalue weighted by molar-refractivity contribution is 7.89. The Morgan fingerprint density at radius 1 is 1.16 bits per heavy atom. The third-order valence-electron chi connectivity index (χ3n) is 5.62. The zero-order valence-electron chi connectivity index (χ0n) is 17.2. The van der Waals surface area contributed by atoms with Crippen molar-refractivity contribution in [3.63, 3.8) is 0 Å². The van der Waals surface area contributed by atoms with Crippen LogP contribution in [0.15, 0.2) is 17.0 Å². The van der Waals surface area contributed by atoms with Gasteiger partial charge in [-0.2, -0.15) is 4.31 Å². The van der Waals surface area contributed by atoms with Gasteiger partial charge in [-0.25, -0.2) is 13.2 Å². The number of halogens is 2. The molecule has 2 unspecified atom stereocenters. The number of carbonyl (C=O) groups excluding carboxylic acids is 2. The quantitative estimate of drug-likeness (QED) is 0.612. The summed E-state index contributed by atoms with van der Waals surface area (Å²) in [5.41, 5.74) is -0.170. The molecule has 1 saturated heterocycles. The summed E-state index contributed by atoms with van der Waals surface area (Å²) in [6.07, 6.45) is 4.14. The Morgan fingerprint density at radius 2 is 1.84 bits per heavy atom. The first-order chi connectivity index (χ1) is 14.7. The molecule has 1 amide bonds. The van der Waals surface area contributed by atoms with Gasteiger partial charge in [0.05, 0.1) is 28.8 Å². The fraction of sp³-hybridized carbons (Fsp3) is 0.600. The molecule has 1 saturated carbocycles. The lowest BCUT2D eigenvalue weighted by molar-refractivity contribution is -0.125. The molecule has 31 heavy (non-hydrogen) atoms. The number of rotatable bonds is 6. The molecular formula is C20H26Cl2N2O6S. The predicted molar refractivity (Wildman–Crippen MR) is 116 cm³/mol. The van der Waals surface area contributed by atoms with Crippen LogP contribution in [0, 0.1) is 5.92 Å². The molecule has 1 aromatic rings. The van der Waals surface area contributed by atoms with E-state index in [1.165, 1.54) is 10.4 Å². The van der Waals surface area contributed by atoms with Gasteiger partial charge in [-0.3, -0.25) is 4.79 Å². The van der Waals surface area contributed by atoms with E-state index in [1.807, 2.05) is 0 Å². The molecule has 1 heterocycles. The van der Waals surface area contributed by atoms with Gasteiger partial charge in [0.1, 0.15) is 4.90 Å². The molecule has 0 radical (unpaired) electrons. The van der Waals surface area contributed by atoms with Crippen molar-refractivity contribution in [1.82, 2.24) is 9.62 Å². The smallest absolute Gasteiger partial charge is 0.340 e. The van der Waals surface area contributed by atoms with E-state index in [4.69, 9.17) is 32.7 Å². The van der Waals surface area contributed by atoms with Crippen LogP contribution in [-0.2, 0) is 24.3 Å². The van der Waals surface area contributed by atoms with E-state index < -0.39 is 28.5 Å². The normalized spacial score (nSPS) is 22.7. The third-order valence-corrected chi connectivity index (χ3v) is 8.30. The van der Waals surface area contributed by atoms with E-state index in [1.54, 1.807) is 0 Å². The first-order valence-electron chi connectivity index (χ1n) is 10.2. The molecule has 2 fully saturated rings. The number of carbonyl (C=O) groups is 2. The first-order valence-corrected chi connectivity index (χ1v) is 12.4. The maximum Gasteiger partial charge on any atom is 0.340 e. The number of sulfonamides is 1. The molecule has 172 valence electrons. The molecule has 0 spiro atoms. The minimum absolute atomic E-state index is 0.0581. The van der Waals surface area contributed by atoms with Crippen molar-refractivity contribution >= 4 is 45.1 Å². The Hall–Kier alpha value is -1.39. The van der Waals surface area contributed by atoms with Crippen LogP contribution >= 0.6 is 23.2 Å². The summed E-state index contributed by atoms with van der Waals surface area (Å²) in [5.74, 6) is -0.933. The maximum absolute atomic E-state index is 12.9. The number of esters is 1. The van der Waals surface area contributed by atoms with Crippen molar-refractivity contribution < 1.29 is 27.5 Å². The number of benzene rings is 1. The van der Waals surface area contributed by atoms with Gasteiger partial charge in [-0.15, -0.1) is 0 Å². The molecule has 1 aromatic carbocycles. The lowest BCUT2D eigenvalue weighted by atomic mass is 9.86. The number of nitrogens with one attached hydrogen (secondary N) is 1. The molecule has 1 aliphatic carbocycles. The van der Waals surface area contributed by atoms with E-state index in [0.717, 1.165) is 31.7 Å². The second kappa shape index (κ2) is 10.5. The third kappa shape index (κ3) is 5.90. The molecule has 3 rings (SSSR count). The predicted octanol–water partition coefficient (Wildman–Crippen LogP) is 2.87. The summed E-state index contributed by atoms with van der Waals surface area (Å²) in [4.78, 5) is 24.5. The van der Waals surface area contributed by atoms with Crippen LogP contribution in [0.1, 0.15) is 43.0 Å². The Balaban J connectivity index is 1.69. The van der Waals surface area contributed by atoms with Gasteiger partial charge in [0.25, 0.3) is 5.91 Å². The minimum atomic E-state index is -3.95. The van der Waals surface area contributed by atoms with Gasteiger partial charge in [-0.05, 0) is 30.9 Å². The molecule has 2 atom stereocenters. The molecule has 1 aliphatic heterocycles.